The first-order valence-electron chi connectivity index (χ1n) is 7.40. The second kappa shape index (κ2) is 9.31. The number of benzene rings is 2. The highest BCUT2D eigenvalue weighted by Crippen LogP contribution is 2.24. The van der Waals surface area contributed by atoms with Gasteiger partial charge in [0.2, 0.25) is 0 Å². The van der Waals surface area contributed by atoms with Crippen molar-refractivity contribution < 1.29 is 9.53 Å². The van der Waals surface area contributed by atoms with Gasteiger partial charge in [-0.15, -0.1) is 0 Å². The van der Waals surface area contributed by atoms with E-state index in [1.54, 1.807) is 30.3 Å². The normalized spacial score (nSPS) is 10.6. The van der Waals surface area contributed by atoms with Crippen LogP contribution in [0.1, 0.15) is 35.2 Å². The number of carbonyl (C=O) groups excluding carboxylic acids is 1. The fourth-order valence-electron chi connectivity index (χ4n) is 2.10. The van der Waals surface area contributed by atoms with Crippen molar-refractivity contribution >= 4 is 44.9 Å². The molecule has 0 radical (unpaired) electrons. The lowest BCUT2D eigenvalue weighted by molar-refractivity contribution is 0.103. The summed E-state index contributed by atoms with van der Waals surface area (Å²) in [5.41, 5.74) is 1.01. The monoisotopic (exact) mass is 414 g/mol. The van der Waals surface area contributed by atoms with Gasteiger partial charge in [0.1, 0.15) is 5.75 Å². The zero-order valence-corrected chi connectivity index (χ0v) is 15.6. The molecule has 0 aliphatic rings. The highest BCUT2D eigenvalue weighted by atomic mass is 79.9. The maximum Gasteiger partial charge on any atom is 0.194 e. The third kappa shape index (κ3) is 5.52. The number of hydrogen-bond donors (Lipinski definition) is 0. The number of carbonyl (C=O) groups is 1. The summed E-state index contributed by atoms with van der Waals surface area (Å²) in [6.45, 7) is 0.684. The number of ether oxygens (including phenoxy) is 1. The molecular weight excluding hydrogens is 399 g/mol. The fraction of sp³-hybridized carbons (Fsp3) is 0.278. The van der Waals surface area contributed by atoms with Crippen LogP contribution in [-0.4, -0.2) is 17.7 Å². The summed E-state index contributed by atoms with van der Waals surface area (Å²) in [4.78, 5) is 12.4. The Kier molecular flexibility index (Phi) is 7.41. The van der Waals surface area contributed by atoms with E-state index in [1.165, 1.54) is 0 Å². The third-order valence-corrected chi connectivity index (χ3v) is 4.45. The average Bonchev–Trinajstić information content (AvgIpc) is 2.55. The summed E-state index contributed by atoms with van der Waals surface area (Å²) in [6, 6.07) is 12.0. The summed E-state index contributed by atoms with van der Waals surface area (Å²) in [5, 5.41) is 1.89. The highest BCUT2D eigenvalue weighted by Gasteiger charge is 2.13. The zero-order chi connectivity index (χ0) is 16.7. The van der Waals surface area contributed by atoms with E-state index in [9.17, 15) is 4.79 Å². The number of hydrogen-bond acceptors (Lipinski definition) is 2. The molecule has 0 spiro atoms. The van der Waals surface area contributed by atoms with Crippen molar-refractivity contribution in [3.05, 3.63) is 63.6 Å². The Morgan fingerprint density at radius 1 is 1.00 bits per heavy atom. The minimum Gasteiger partial charge on any atom is -0.494 e. The molecule has 0 atom stereocenters. The van der Waals surface area contributed by atoms with Crippen LogP contribution in [0.25, 0.3) is 0 Å². The second-order valence-corrected chi connectivity index (χ2v) is 6.71. The SMILES string of the molecule is O=C(c1ccc(OCCCCCBr)cc1)c1ccc(Cl)cc1Cl. The van der Waals surface area contributed by atoms with Gasteiger partial charge in [0.15, 0.2) is 5.78 Å². The van der Waals surface area contributed by atoms with Crippen LogP contribution in [-0.2, 0) is 0 Å². The maximum atomic E-state index is 12.4. The van der Waals surface area contributed by atoms with Gasteiger partial charge in [0, 0.05) is 21.5 Å². The van der Waals surface area contributed by atoms with E-state index < -0.39 is 0 Å². The number of ketones is 1. The van der Waals surface area contributed by atoms with Gasteiger partial charge < -0.3 is 4.74 Å². The smallest absolute Gasteiger partial charge is 0.194 e. The first-order valence-corrected chi connectivity index (χ1v) is 9.28. The molecule has 0 N–H and O–H groups in total. The molecule has 2 rings (SSSR count). The molecule has 2 nitrogen and oxygen atoms in total. The number of halogens is 3. The van der Waals surface area contributed by atoms with Crippen molar-refractivity contribution in [2.24, 2.45) is 0 Å². The van der Waals surface area contributed by atoms with E-state index in [1.807, 2.05) is 12.1 Å². The quantitative estimate of drug-likeness (QED) is 0.292. The van der Waals surface area contributed by atoms with Gasteiger partial charge in [-0.25, -0.2) is 0 Å². The molecule has 23 heavy (non-hydrogen) atoms. The fourth-order valence-corrected chi connectivity index (χ4v) is 2.99. The van der Waals surface area contributed by atoms with Crippen molar-refractivity contribution in [2.75, 3.05) is 11.9 Å². The number of unbranched alkanes of at least 4 members (excludes halogenated alkanes) is 2. The number of rotatable bonds is 8. The van der Waals surface area contributed by atoms with Crippen molar-refractivity contribution in [1.82, 2.24) is 0 Å². The predicted molar refractivity (Wildman–Crippen MR) is 99.5 cm³/mol. The Balaban J connectivity index is 1.97. The summed E-state index contributed by atoms with van der Waals surface area (Å²) in [7, 11) is 0. The van der Waals surface area contributed by atoms with Crippen LogP contribution < -0.4 is 4.74 Å². The Bertz CT molecular complexity index is 657. The summed E-state index contributed by atoms with van der Waals surface area (Å²) < 4.78 is 5.66. The van der Waals surface area contributed by atoms with E-state index in [4.69, 9.17) is 27.9 Å². The molecule has 0 saturated carbocycles. The van der Waals surface area contributed by atoms with Crippen LogP contribution in [0.3, 0.4) is 0 Å². The van der Waals surface area contributed by atoms with Crippen molar-refractivity contribution in [3.8, 4) is 5.75 Å². The average molecular weight is 416 g/mol. The molecule has 0 aromatic heterocycles. The van der Waals surface area contributed by atoms with Crippen LogP contribution >= 0.6 is 39.1 Å². The van der Waals surface area contributed by atoms with Crippen LogP contribution in [0.4, 0.5) is 0 Å². The highest BCUT2D eigenvalue weighted by molar-refractivity contribution is 9.09. The second-order valence-electron chi connectivity index (χ2n) is 5.08. The Morgan fingerprint density at radius 2 is 1.74 bits per heavy atom. The molecule has 5 heteroatoms. The van der Waals surface area contributed by atoms with Gasteiger partial charge in [-0.05, 0) is 61.7 Å². The Labute approximate surface area is 154 Å². The predicted octanol–water partition coefficient (Wildman–Crippen LogP) is 6.17. The molecular formula is C18H17BrCl2O2. The lowest BCUT2D eigenvalue weighted by atomic mass is 10.0. The third-order valence-electron chi connectivity index (χ3n) is 3.34. The summed E-state index contributed by atoms with van der Waals surface area (Å²) in [5.74, 6) is 0.637. The molecule has 0 amide bonds. The molecule has 2 aromatic rings. The van der Waals surface area contributed by atoms with Crippen LogP contribution in [0.2, 0.25) is 10.0 Å². The standard InChI is InChI=1S/C18H17BrCl2O2/c19-10-2-1-3-11-23-15-7-4-13(5-8-15)18(22)16-9-6-14(20)12-17(16)21/h4-9,12H,1-3,10-11H2. The molecule has 0 heterocycles. The summed E-state index contributed by atoms with van der Waals surface area (Å²) >= 11 is 15.3. The Hall–Kier alpha value is -1.03. The number of alkyl halides is 1. The molecule has 0 aliphatic heterocycles. The van der Waals surface area contributed by atoms with Gasteiger partial charge in [-0.3, -0.25) is 4.79 Å². The zero-order valence-electron chi connectivity index (χ0n) is 12.5. The minimum absolute atomic E-state index is 0.129. The Morgan fingerprint density at radius 3 is 2.39 bits per heavy atom. The molecule has 0 bridgehead atoms. The van der Waals surface area contributed by atoms with Crippen LogP contribution in [0, 0.1) is 0 Å². The van der Waals surface area contributed by atoms with E-state index in [0.29, 0.717) is 27.8 Å². The molecule has 0 unspecified atom stereocenters. The minimum atomic E-state index is -0.129. The first kappa shape index (κ1) is 18.3. The van der Waals surface area contributed by atoms with E-state index in [-0.39, 0.29) is 5.78 Å². The maximum absolute atomic E-state index is 12.4. The molecule has 2 aromatic carbocycles. The molecule has 0 aliphatic carbocycles. The van der Waals surface area contributed by atoms with E-state index in [0.717, 1.165) is 30.3 Å². The lowest BCUT2D eigenvalue weighted by Gasteiger charge is -2.08. The molecule has 0 fully saturated rings. The van der Waals surface area contributed by atoms with Gasteiger partial charge in [0.05, 0.1) is 11.6 Å². The van der Waals surface area contributed by atoms with E-state index >= 15 is 0 Å². The van der Waals surface area contributed by atoms with Gasteiger partial charge in [0.25, 0.3) is 0 Å². The van der Waals surface area contributed by atoms with Crippen molar-refractivity contribution in [1.29, 1.82) is 0 Å². The first-order chi connectivity index (χ1) is 11.1. The lowest BCUT2D eigenvalue weighted by Crippen LogP contribution is -2.03. The van der Waals surface area contributed by atoms with Crippen LogP contribution in [0.15, 0.2) is 42.5 Å². The van der Waals surface area contributed by atoms with Crippen molar-refractivity contribution in [3.63, 3.8) is 0 Å². The summed E-state index contributed by atoms with van der Waals surface area (Å²) in [6.07, 6.45) is 3.31. The molecule has 122 valence electrons. The van der Waals surface area contributed by atoms with Gasteiger partial charge >= 0.3 is 0 Å². The van der Waals surface area contributed by atoms with Gasteiger partial charge in [-0.2, -0.15) is 0 Å². The van der Waals surface area contributed by atoms with E-state index in [2.05, 4.69) is 15.9 Å². The largest absolute Gasteiger partial charge is 0.494 e. The van der Waals surface area contributed by atoms with Gasteiger partial charge in [-0.1, -0.05) is 39.1 Å². The topological polar surface area (TPSA) is 26.3 Å². The van der Waals surface area contributed by atoms with Crippen LogP contribution in [0.5, 0.6) is 5.75 Å². The van der Waals surface area contributed by atoms with Crippen molar-refractivity contribution in [2.45, 2.75) is 19.3 Å². The molecule has 0 saturated heterocycles.